The number of rotatable bonds is 3. The molecule has 2 aromatic rings. The Hall–Kier alpha value is 0.130. The second-order valence-electron chi connectivity index (χ2n) is 3.98. The van der Waals surface area contributed by atoms with Gasteiger partial charge in [0.05, 0.1) is 13.6 Å². The van der Waals surface area contributed by atoms with E-state index in [1.807, 2.05) is 26.1 Å². The Morgan fingerprint density at radius 3 is 2.56 bits per heavy atom. The van der Waals surface area contributed by atoms with Crippen molar-refractivity contribution in [2.24, 2.45) is 0 Å². The third kappa shape index (κ3) is 2.83. The summed E-state index contributed by atoms with van der Waals surface area (Å²) in [5.74, 6) is 0. The van der Waals surface area contributed by atoms with Gasteiger partial charge in [-0.3, -0.25) is 0 Å². The molecule has 0 saturated heterocycles. The summed E-state index contributed by atoms with van der Waals surface area (Å²) in [5, 5.41) is 4.15. The van der Waals surface area contributed by atoms with Crippen LogP contribution in [0.5, 0.6) is 0 Å². The first-order valence-corrected chi connectivity index (χ1v) is 8.19. The van der Waals surface area contributed by atoms with Crippen molar-refractivity contribution in [2.45, 2.75) is 13.0 Å². The Bertz CT molecular complexity index is 568. The largest absolute Gasteiger partial charge is 0.309 e. The number of hydrogen-bond acceptors (Lipinski definition) is 2. The molecule has 1 aromatic carbocycles. The van der Waals surface area contributed by atoms with Crippen LogP contribution in [0.15, 0.2) is 31.8 Å². The fourth-order valence-electron chi connectivity index (χ4n) is 1.92. The lowest BCUT2D eigenvalue weighted by Crippen LogP contribution is -2.18. The number of benzene rings is 1. The van der Waals surface area contributed by atoms with E-state index in [0.29, 0.717) is 0 Å². The second kappa shape index (κ2) is 6.06. The fourth-order valence-corrected chi connectivity index (χ4v) is 5.06. The summed E-state index contributed by atoms with van der Waals surface area (Å²) in [5.41, 5.74) is 3.40. The lowest BCUT2D eigenvalue weighted by Gasteiger charge is -2.18. The molecule has 0 aliphatic rings. The normalized spacial score (nSPS) is 12.7. The van der Waals surface area contributed by atoms with E-state index < -0.39 is 0 Å². The first-order valence-electron chi connectivity index (χ1n) is 5.41. The van der Waals surface area contributed by atoms with Crippen molar-refractivity contribution in [1.82, 2.24) is 5.32 Å². The maximum atomic E-state index is 6.41. The summed E-state index contributed by atoms with van der Waals surface area (Å²) in [4.78, 5) is 0. The van der Waals surface area contributed by atoms with Crippen LogP contribution in [-0.4, -0.2) is 7.05 Å². The molecule has 1 nitrogen and oxygen atoms in total. The SMILES string of the molecule is CNC(c1cc(Br)sc1Br)c1cccc(C)c1Cl. The molecule has 18 heavy (non-hydrogen) atoms. The lowest BCUT2D eigenvalue weighted by atomic mass is 9.99. The molecule has 5 heteroatoms. The van der Waals surface area contributed by atoms with E-state index in [1.54, 1.807) is 11.3 Å². The van der Waals surface area contributed by atoms with Gasteiger partial charge in [0.15, 0.2) is 0 Å². The first-order chi connectivity index (χ1) is 8.54. The number of halogens is 3. The molecule has 1 heterocycles. The molecule has 0 radical (unpaired) electrons. The number of nitrogens with one attached hydrogen (secondary N) is 1. The van der Waals surface area contributed by atoms with Crippen molar-refractivity contribution < 1.29 is 0 Å². The monoisotopic (exact) mass is 407 g/mol. The Labute approximate surface area is 133 Å². The number of hydrogen-bond donors (Lipinski definition) is 1. The minimum absolute atomic E-state index is 0.0920. The van der Waals surface area contributed by atoms with Crippen molar-refractivity contribution in [3.63, 3.8) is 0 Å². The summed E-state index contributed by atoms with van der Waals surface area (Å²) < 4.78 is 2.22. The van der Waals surface area contributed by atoms with Gasteiger partial charge in [0, 0.05) is 5.02 Å². The van der Waals surface area contributed by atoms with E-state index in [4.69, 9.17) is 11.6 Å². The van der Waals surface area contributed by atoms with Crippen LogP contribution in [0.2, 0.25) is 5.02 Å². The zero-order chi connectivity index (χ0) is 13.3. The minimum atomic E-state index is 0.0920. The van der Waals surface area contributed by atoms with E-state index in [-0.39, 0.29) is 6.04 Å². The predicted molar refractivity (Wildman–Crippen MR) is 86.8 cm³/mol. The quantitative estimate of drug-likeness (QED) is 0.701. The molecule has 0 saturated carbocycles. The molecule has 0 amide bonds. The summed E-state index contributed by atoms with van der Waals surface area (Å²) in [6.07, 6.45) is 0. The Morgan fingerprint density at radius 1 is 1.28 bits per heavy atom. The summed E-state index contributed by atoms with van der Waals surface area (Å²) >= 11 is 15.2. The minimum Gasteiger partial charge on any atom is -0.309 e. The molecule has 1 aromatic heterocycles. The van der Waals surface area contributed by atoms with Gasteiger partial charge in [-0.2, -0.15) is 0 Å². The number of thiophene rings is 1. The van der Waals surface area contributed by atoms with Crippen molar-refractivity contribution in [3.05, 3.63) is 53.6 Å². The Kier molecular flexibility index (Phi) is 4.89. The van der Waals surface area contributed by atoms with Crippen molar-refractivity contribution in [1.29, 1.82) is 0 Å². The van der Waals surface area contributed by atoms with Crippen LogP contribution in [0.3, 0.4) is 0 Å². The van der Waals surface area contributed by atoms with Crippen molar-refractivity contribution in [2.75, 3.05) is 7.05 Å². The Morgan fingerprint density at radius 2 is 2.00 bits per heavy atom. The smallest absolute Gasteiger partial charge is 0.0761 e. The van der Waals surface area contributed by atoms with Gasteiger partial charge < -0.3 is 5.32 Å². The van der Waals surface area contributed by atoms with Crippen molar-refractivity contribution in [3.8, 4) is 0 Å². The van der Waals surface area contributed by atoms with E-state index in [1.165, 1.54) is 5.56 Å². The van der Waals surface area contributed by atoms with Gasteiger partial charge in [-0.15, -0.1) is 11.3 Å². The second-order valence-corrected chi connectivity index (χ2v) is 8.11. The molecular weight excluding hydrogens is 397 g/mol. The van der Waals surface area contributed by atoms with Gasteiger partial charge in [-0.05, 0) is 68.6 Å². The van der Waals surface area contributed by atoms with Gasteiger partial charge in [0.25, 0.3) is 0 Å². The Balaban J connectivity index is 2.52. The molecule has 0 aliphatic carbocycles. The average molecular weight is 410 g/mol. The van der Waals surface area contributed by atoms with Crippen LogP contribution in [0, 0.1) is 6.92 Å². The molecular formula is C13H12Br2ClNS. The zero-order valence-corrected chi connectivity index (χ0v) is 14.7. The van der Waals surface area contributed by atoms with Crippen LogP contribution in [0.25, 0.3) is 0 Å². The highest BCUT2D eigenvalue weighted by atomic mass is 79.9. The molecule has 1 N–H and O–H groups in total. The highest BCUT2D eigenvalue weighted by molar-refractivity contribution is 9.12. The fraction of sp³-hybridized carbons (Fsp3) is 0.231. The van der Waals surface area contributed by atoms with E-state index in [9.17, 15) is 0 Å². The molecule has 2 rings (SSSR count). The standard InChI is InChI=1S/C13H12Br2ClNS/c1-7-4-3-5-8(11(7)16)12(17-2)9-6-10(14)18-13(9)15/h3-6,12,17H,1-2H3. The predicted octanol–water partition coefficient (Wildman–Crippen LogP) is 5.54. The average Bonchev–Trinajstić information content (AvgIpc) is 2.65. The number of aryl methyl sites for hydroxylation is 1. The van der Waals surface area contributed by atoms with Crippen LogP contribution in [0.1, 0.15) is 22.7 Å². The molecule has 0 bridgehead atoms. The third-order valence-electron chi connectivity index (χ3n) is 2.82. The summed E-state index contributed by atoms with van der Waals surface area (Å²) in [6, 6.07) is 8.34. The molecule has 96 valence electrons. The highest BCUT2D eigenvalue weighted by Crippen LogP contribution is 2.39. The van der Waals surface area contributed by atoms with E-state index in [0.717, 1.165) is 23.7 Å². The molecule has 0 fully saturated rings. The summed E-state index contributed by atoms with van der Waals surface area (Å²) in [6.45, 7) is 2.02. The van der Waals surface area contributed by atoms with E-state index in [2.05, 4.69) is 49.3 Å². The molecule has 0 aliphatic heterocycles. The van der Waals surface area contributed by atoms with Gasteiger partial charge in [-0.1, -0.05) is 29.8 Å². The first kappa shape index (κ1) is 14.5. The van der Waals surface area contributed by atoms with Gasteiger partial charge in [0.1, 0.15) is 0 Å². The summed E-state index contributed by atoms with van der Waals surface area (Å²) in [7, 11) is 1.95. The molecule has 1 atom stereocenters. The van der Waals surface area contributed by atoms with E-state index >= 15 is 0 Å². The lowest BCUT2D eigenvalue weighted by molar-refractivity contribution is 0.691. The molecule has 1 unspecified atom stereocenters. The van der Waals surface area contributed by atoms with Gasteiger partial charge in [-0.25, -0.2) is 0 Å². The van der Waals surface area contributed by atoms with Crippen LogP contribution in [-0.2, 0) is 0 Å². The van der Waals surface area contributed by atoms with Crippen LogP contribution < -0.4 is 5.32 Å². The van der Waals surface area contributed by atoms with Gasteiger partial charge in [0.2, 0.25) is 0 Å². The topological polar surface area (TPSA) is 12.0 Å². The van der Waals surface area contributed by atoms with Crippen molar-refractivity contribution >= 4 is 54.8 Å². The third-order valence-corrected chi connectivity index (χ3v) is 5.72. The molecule has 0 spiro atoms. The maximum Gasteiger partial charge on any atom is 0.0761 e. The maximum absolute atomic E-state index is 6.41. The van der Waals surface area contributed by atoms with Crippen LogP contribution in [0.4, 0.5) is 0 Å². The van der Waals surface area contributed by atoms with Gasteiger partial charge >= 0.3 is 0 Å². The zero-order valence-electron chi connectivity index (χ0n) is 9.93. The van der Waals surface area contributed by atoms with Crippen LogP contribution >= 0.6 is 54.8 Å². The highest BCUT2D eigenvalue weighted by Gasteiger charge is 2.20.